The molecule has 0 aromatic heterocycles. The Labute approximate surface area is 256 Å². The van der Waals surface area contributed by atoms with Crippen LogP contribution in [0.5, 0.6) is 0 Å². The van der Waals surface area contributed by atoms with Gasteiger partial charge in [0.05, 0.1) is 0 Å². The Morgan fingerprint density at radius 1 is 0.381 bits per heavy atom. The number of hydrogen-bond acceptors (Lipinski definition) is 2. The maximum absolute atomic E-state index is 2.44. The summed E-state index contributed by atoms with van der Waals surface area (Å²) in [4.78, 5) is 4.26. The van der Waals surface area contributed by atoms with Gasteiger partial charge in [0.15, 0.2) is 0 Å². The molecule has 0 saturated heterocycles. The monoisotopic (exact) mass is 586 g/mol. The Hall–Kier alpha value is -3.87. The maximum Gasteiger partial charge on any atom is 0.104 e. The van der Waals surface area contributed by atoms with Gasteiger partial charge >= 0.3 is 0 Å². The fourth-order valence-corrected chi connectivity index (χ4v) is 8.46. The lowest BCUT2D eigenvalue weighted by atomic mass is 10.1. The highest BCUT2D eigenvalue weighted by atomic mass is 28.3. The molecule has 4 aromatic carbocycles. The molecule has 0 bridgehead atoms. The predicted octanol–water partition coefficient (Wildman–Crippen LogP) is 8.33. The first kappa shape index (κ1) is 31.1. The zero-order valence-corrected chi connectivity index (χ0v) is 28.6. The lowest BCUT2D eigenvalue weighted by Crippen LogP contribution is -2.39. The van der Waals surface area contributed by atoms with E-state index in [1.165, 1.54) is 44.0 Å². The smallest absolute Gasteiger partial charge is 0.104 e. The molecule has 0 N–H and O–H groups in total. The minimum absolute atomic E-state index is 1.23. The van der Waals surface area contributed by atoms with Gasteiger partial charge in [-0.1, -0.05) is 145 Å². The van der Waals surface area contributed by atoms with Crippen molar-refractivity contribution in [3.63, 3.8) is 0 Å². The van der Waals surface area contributed by atoms with Crippen LogP contribution < -0.4 is 20.2 Å². The van der Waals surface area contributed by atoms with Gasteiger partial charge in [0, 0.05) is 39.6 Å². The second kappa shape index (κ2) is 13.4. The van der Waals surface area contributed by atoms with Crippen LogP contribution in [0.15, 0.2) is 108 Å². The Bertz CT molecular complexity index is 1400. The van der Waals surface area contributed by atoms with Crippen LogP contribution in [0, 0.1) is 0 Å². The summed E-state index contributed by atoms with van der Waals surface area (Å²) in [6.45, 7) is 9.63. The number of nitrogens with zero attached hydrogens (tertiary/aromatic N) is 2. The van der Waals surface area contributed by atoms with Gasteiger partial charge in [-0.15, -0.1) is 0 Å². The molecule has 42 heavy (non-hydrogen) atoms. The Morgan fingerprint density at radius 3 is 0.929 bits per heavy atom. The fraction of sp³-hybridized carbons (Fsp3) is 0.211. The van der Waals surface area contributed by atoms with E-state index in [0.29, 0.717) is 0 Å². The van der Waals surface area contributed by atoms with Crippen molar-refractivity contribution in [3.05, 3.63) is 131 Å². The first-order valence-electron chi connectivity index (χ1n) is 14.8. The first-order valence-corrected chi connectivity index (χ1v) is 20.9. The molecule has 0 spiro atoms. The van der Waals surface area contributed by atoms with Gasteiger partial charge in [0.2, 0.25) is 0 Å². The van der Waals surface area contributed by atoms with Crippen molar-refractivity contribution in [1.82, 2.24) is 0 Å². The SMILES string of the molecule is CN(C)c1ccc(/C=C/[Si](C)(C)c2ccc(/C=C/c3ccc([Si](C)(C)/C=C/c4ccc(N(C)C)cc4)cc3)cc2)cc1. The molecule has 2 nitrogen and oxygen atoms in total. The molecule has 0 fully saturated rings. The highest BCUT2D eigenvalue weighted by Gasteiger charge is 2.20. The quantitative estimate of drug-likeness (QED) is 0.136. The van der Waals surface area contributed by atoms with Gasteiger partial charge in [-0.3, -0.25) is 0 Å². The number of rotatable bonds is 10. The minimum Gasteiger partial charge on any atom is -0.378 e. The predicted molar refractivity (Wildman–Crippen MR) is 196 cm³/mol. The van der Waals surface area contributed by atoms with Crippen LogP contribution in [0.4, 0.5) is 11.4 Å². The van der Waals surface area contributed by atoms with Crippen molar-refractivity contribution in [2.75, 3.05) is 38.0 Å². The molecule has 4 aromatic rings. The molecular weight excluding hydrogens is 541 g/mol. The Balaban J connectivity index is 1.37. The number of anilines is 2. The number of hydrogen-bond donors (Lipinski definition) is 0. The molecule has 0 aliphatic rings. The third-order valence-electron chi connectivity index (χ3n) is 7.98. The van der Waals surface area contributed by atoms with Crippen LogP contribution in [0.3, 0.4) is 0 Å². The standard InChI is InChI=1S/C38H46N2Si2/c1-39(2)35-19-11-33(12-20-35)27-29-41(5,6)37-23-15-31(16-24-37)9-10-32-17-25-38(26-18-32)42(7,8)30-28-34-13-21-36(22-14-34)40(3)4/h9-30H,1-8H3/b10-9+,29-27+,30-28+. The summed E-state index contributed by atoms with van der Waals surface area (Å²) in [6, 6.07) is 35.7. The molecule has 0 unspecified atom stereocenters. The summed E-state index contributed by atoms with van der Waals surface area (Å²) < 4.78 is 0. The van der Waals surface area contributed by atoms with Crippen molar-refractivity contribution in [3.8, 4) is 0 Å². The van der Waals surface area contributed by atoms with Gasteiger partial charge in [-0.05, 0) is 46.5 Å². The molecule has 0 atom stereocenters. The molecule has 0 radical (unpaired) electrons. The summed E-state index contributed by atoms with van der Waals surface area (Å²) >= 11 is 0. The highest BCUT2D eigenvalue weighted by Crippen LogP contribution is 2.17. The average molecular weight is 587 g/mol. The summed E-state index contributed by atoms with van der Waals surface area (Å²) in [5.74, 6) is 0. The molecular formula is C38H46N2Si2. The Kier molecular flexibility index (Phi) is 9.92. The van der Waals surface area contributed by atoms with Crippen molar-refractivity contribution in [2.24, 2.45) is 0 Å². The summed E-state index contributed by atoms with van der Waals surface area (Å²) in [5, 5.41) is 2.89. The van der Waals surface area contributed by atoms with Gasteiger partial charge in [-0.2, -0.15) is 0 Å². The molecule has 0 aliphatic carbocycles. The normalized spacial score (nSPS) is 12.5. The molecule has 0 aliphatic heterocycles. The first-order chi connectivity index (χ1) is 19.9. The van der Waals surface area contributed by atoms with E-state index in [9.17, 15) is 0 Å². The van der Waals surface area contributed by atoms with E-state index in [-0.39, 0.29) is 0 Å². The minimum atomic E-state index is -1.69. The molecule has 4 heteroatoms. The van der Waals surface area contributed by atoms with E-state index in [1.807, 2.05) is 0 Å². The van der Waals surface area contributed by atoms with Crippen LogP contribution in [-0.4, -0.2) is 44.3 Å². The van der Waals surface area contributed by atoms with Crippen LogP contribution in [0.1, 0.15) is 22.3 Å². The lowest BCUT2D eigenvalue weighted by Gasteiger charge is -2.19. The maximum atomic E-state index is 2.44. The zero-order chi connectivity index (χ0) is 30.3. The molecule has 0 heterocycles. The van der Waals surface area contributed by atoms with E-state index in [0.717, 1.165) is 0 Å². The summed E-state index contributed by atoms with van der Waals surface area (Å²) in [6.07, 6.45) is 9.00. The van der Waals surface area contributed by atoms with E-state index in [4.69, 9.17) is 0 Å². The fourth-order valence-electron chi connectivity index (χ4n) is 4.81. The average Bonchev–Trinajstić information content (AvgIpc) is 2.99. The van der Waals surface area contributed by atoms with Crippen molar-refractivity contribution in [1.29, 1.82) is 0 Å². The van der Waals surface area contributed by atoms with Gasteiger partial charge in [0.1, 0.15) is 16.1 Å². The van der Waals surface area contributed by atoms with E-state index < -0.39 is 16.1 Å². The third kappa shape index (κ3) is 8.34. The topological polar surface area (TPSA) is 6.48 Å². The molecule has 216 valence electrons. The number of benzene rings is 4. The van der Waals surface area contributed by atoms with E-state index in [2.05, 4.69) is 197 Å². The van der Waals surface area contributed by atoms with E-state index >= 15 is 0 Å². The summed E-state index contributed by atoms with van der Waals surface area (Å²) in [7, 11) is 4.92. The largest absolute Gasteiger partial charge is 0.378 e. The van der Waals surface area contributed by atoms with Crippen LogP contribution >= 0.6 is 0 Å². The molecule has 4 rings (SSSR count). The zero-order valence-electron chi connectivity index (χ0n) is 26.6. The summed E-state index contributed by atoms with van der Waals surface area (Å²) in [5.41, 5.74) is 12.3. The van der Waals surface area contributed by atoms with Crippen LogP contribution in [0.2, 0.25) is 26.2 Å². The van der Waals surface area contributed by atoms with Gasteiger partial charge < -0.3 is 9.80 Å². The van der Waals surface area contributed by atoms with Crippen LogP contribution in [0.25, 0.3) is 24.3 Å². The lowest BCUT2D eigenvalue weighted by molar-refractivity contribution is 1.13. The van der Waals surface area contributed by atoms with Crippen molar-refractivity contribution >= 4 is 62.2 Å². The highest BCUT2D eigenvalue weighted by molar-refractivity contribution is 6.94. The van der Waals surface area contributed by atoms with Crippen molar-refractivity contribution in [2.45, 2.75) is 26.2 Å². The van der Waals surface area contributed by atoms with Crippen LogP contribution in [-0.2, 0) is 0 Å². The molecule has 0 saturated carbocycles. The third-order valence-corrected chi connectivity index (χ3v) is 13.6. The Morgan fingerprint density at radius 2 is 0.643 bits per heavy atom. The second-order valence-electron chi connectivity index (χ2n) is 12.7. The van der Waals surface area contributed by atoms with Gasteiger partial charge in [-0.25, -0.2) is 0 Å². The van der Waals surface area contributed by atoms with E-state index in [1.54, 1.807) is 0 Å². The second-order valence-corrected chi connectivity index (χ2v) is 21.4. The molecule has 0 amide bonds. The van der Waals surface area contributed by atoms with Crippen molar-refractivity contribution < 1.29 is 0 Å². The van der Waals surface area contributed by atoms with Gasteiger partial charge in [0.25, 0.3) is 0 Å².